The highest BCUT2D eigenvalue weighted by Gasteiger charge is 2.30. The lowest BCUT2D eigenvalue weighted by Crippen LogP contribution is -2.32. The van der Waals surface area contributed by atoms with Crippen molar-refractivity contribution >= 4 is 0 Å². The van der Waals surface area contributed by atoms with Crippen molar-refractivity contribution in [1.29, 1.82) is 0 Å². The second-order valence-corrected chi connectivity index (χ2v) is 5.77. The second kappa shape index (κ2) is 5.41. The Hall–Kier alpha value is -0.860. The van der Waals surface area contributed by atoms with Crippen LogP contribution >= 0.6 is 0 Å². The summed E-state index contributed by atoms with van der Waals surface area (Å²) in [5.74, 6) is 0.364. The molecule has 0 aromatic heterocycles. The van der Waals surface area contributed by atoms with Gasteiger partial charge in [0, 0.05) is 5.92 Å². The summed E-state index contributed by atoms with van der Waals surface area (Å²) in [6.07, 6.45) is 5.89. The fraction of sp³-hybridized carbons (Fsp3) is 0.625. The Morgan fingerprint density at radius 3 is 2.72 bits per heavy atom. The zero-order chi connectivity index (χ0) is 12.4. The SMILES string of the molecule is OC1Cc2ccccc2C1CCN1CCCCC1. The van der Waals surface area contributed by atoms with Crippen molar-refractivity contribution in [3.63, 3.8) is 0 Å². The number of hydrogen-bond donors (Lipinski definition) is 1. The van der Waals surface area contributed by atoms with Crippen LogP contribution in [0.3, 0.4) is 0 Å². The molecule has 0 radical (unpaired) electrons. The Balaban J connectivity index is 1.62. The third kappa shape index (κ3) is 2.45. The van der Waals surface area contributed by atoms with Crippen LogP contribution in [-0.4, -0.2) is 35.7 Å². The van der Waals surface area contributed by atoms with E-state index < -0.39 is 0 Å². The van der Waals surface area contributed by atoms with Crippen LogP contribution in [0.2, 0.25) is 0 Å². The van der Waals surface area contributed by atoms with Crippen LogP contribution in [0.4, 0.5) is 0 Å². The zero-order valence-corrected chi connectivity index (χ0v) is 11.0. The summed E-state index contributed by atoms with van der Waals surface area (Å²) in [4.78, 5) is 2.57. The number of hydrogen-bond acceptors (Lipinski definition) is 2. The molecule has 1 saturated heterocycles. The van der Waals surface area contributed by atoms with Gasteiger partial charge >= 0.3 is 0 Å². The first-order valence-corrected chi connectivity index (χ1v) is 7.33. The monoisotopic (exact) mass is 245 g/mol. The molecule has 0 saturated carbocycles. The van der Waals surface area contributed by atoms with Gasteiger partial charge in [-0.25, -0.2) is 0 Å². The summed E-state index contributed by atoms with van der Waals surface area (Å²) in [5.41, 5.74) is 2.75. The van der Waals surface area contributed by atoms with E-state index in [-0.39, 0.29) is 6.10 Å². The van der Waals surface area contributed by atoms with Gasteiger partial charge in [0.05, 0.1) is 6.10 Å². The number of rotatable bonds is 3. The molecule has 1 heterocycles. The first kappa shape index (κ1) is 12.2. The molecule has 18 heavy (non-hydrogen) atoms. The maximum Gasteiger partial charge on any atom is 0.0649 e. The van der Waals surface area contributed by atoms with E-state index in [1.807, 2.05) is 0 Å². The first-order chi connectivity index (χ1) is 8.84. The van der Waals surface area contributed by atoms with Gasteiger partial charge < -0.3 is 10.0 Å². The van der Waals surface area contributed by atoms with E-state index in [1.165, 1.54) is 43.5 Å². The smallest absolute Gasteiger partial charge is 0.0649 e. The van der Waals surface area contributed by atoms with Crippen LogP contribution in [0.1, 0.15) is 42.7 Å². The van der Waals surface area contributed by atoms with Crippen molar-refractivity contribution in [2.24, 2.45) is 0 Å². The molecule has 1 aliphatic heterocycles. The summed E-state index contributed by atoms with van der Waals surface area (Å²) in [6, 6.07) is 8.55. The molecule has 1 aromatic carbocycles. The highest BCUT2D eigenvalue weighted by atomic mass is 16.3. The van der Waals surface area contributed by atoms with Gasteiger partial charge in [0.15, 0.2) is 0 Å². The fourth-order valence-corrected chi connectivity index (χ4v) is 3.51. The highest BCUT2D eigenvalue weighted by Crippen LogP contribution is 2.35. The minimum atomic E-state index is -0.160. The van der Waals surface area contributed by atoms with Gasteiger partial charge in [-0.15, -0.1) is 0 Å². The molecule has 0 bridgehead atoms. The molecule has 2 unspecified atom stereocenters. The Labute approximate surface area is 110 Å². The number of fused-ring (bicyclic) bond motifs is 1. The molecule has 0 spiro atoms. The van der Waals surface area contributed by atoms with Crippen LogP contribution in [0.5, 0.6) is 0 Å². The summed E-state index contributed by atoms with van der Waals surface area (Å²) < 4.78 is 0. The third-order valence-corrected chi connectivity index (χ3v) is 4.55. The fourth-order valence-electron chi connectivity index (χ4n) is 3.51. The minimum absolute atomic E-state index is 0.160. The maximum atomic E-state index is 10.2. The van der Waals surface area contributed by atoms with Crippen molar-refractivity contribution in [2.45, 2.75) is 44.1 Å². The maximum absolute atomic E-state index is 10.2. The van der Waals surface area contributed by atoms with Crippen LogP contribution in [0.25, 0.3) is 0 Å². The third-order valence-electron chi connectivity index (χ3n) is 4.55. The topological polar surface area (TPSA) is 23.5 Å². The molecule has 2 atom stereocenters. The van der Waals surface area contributed by atoms with E-state index in [0.29, 0.717) is 5.92 Å². The first-order valence-electron chi connectivity index (χ1n) is 7.33. The molecule has 1 N–H and O–H groups in total. The normalized spacial score (nSPS) is 28.3. The quantitative estimate of drug-likeness (QED) is 0.884. The lowest BCUT2D eigenvalue weighted by Gasteiger charge is -2.28. The molecule has 3 rings (SSSR count). The summed E-state index contributed by atoms with van der Waals surface area (Å²) >= 11 is 0. The molecule has 2 aliphatic rings. The van der Waals surface area contributed by atoms with E-state index in [0.717, 1.165) is 19.4 Å². The number of benzene rings is 1. The number of aliphatic hydroxyl groups is 1. The van der Waals surface area contributed by atoms with E-state index >= 15 is 0 Å². The van der Waals surface area contributed by atoms with Gasteiger partial charge in [-0.05, 0) is 56.4 Å². The van der Waals surface area contributed by atoms with Gasteiger partial charge in [0.1, 0.15) is 0 Å². The van der Waals surface area contributed by atoms with Gasteiger partial charge in [-0.3, -0.25) is 0 Å². The Morgan fingerprint density at radius 2 is 1.89 bits per heavy atom. The molecule has 2 nitrogen and oxygen atoms in total. The lowest BCUT2D eigenvalue weighted by atomic mass is 9.95. The molecule has 1 aliphatic carbocycles. The molecule has 2 heteroatoms. The summed E-state index contributed by atoms with van der Waals surface area (Å²) in [7, 11) is 0. The van der Waals surface area contributed by atoms with Crippen molar-refractivity contribution in [3.8, 4) is 0 Å². The molecular weight excluding hydrogens is 222 g/mol. The van der Waals surface area contributed by atoms with E-state index in [9.17, 15) is 5.11 Å². The summed E-state index contributed by atoms with van der Waals surface area (Å²) in [6.45, 7) is 3.66. The molecule has 1 aromatic rings. The van der Waals surface area contributed by atoms with Gasteiger partial charge in [-0.1, -0.05) is 30.7 Å². The van der Waals surface area contributed by atoms with Gasteiger partial charge in [0.25, 0.3) is 0 Å². The number of aliphatic hydroxyl groups excluding tert-OH is 1. The van der Waals surface area contributed by atoms with Gasteiger partial charge in [-0.2, -0.15) is 0 Å². The number of piperidine rings is 1. The second-order valence-electron chi connectivity index (χ2n) is 5.77. The van der Waals surface area contributed by atoms with E-state index in [2.05, 4.69) is 29.2 Å². The van der Waals surface area contributed by atoms with E-state index in [4.69, 9.17) is 0 Å². The van der Waals surface area contributed by atoms with Crippen molar-refractivity contribution in [1.82, 2.24) is 4.90 Å². The standard InChI is InChI=1S/C16H23NO/c18-16-12-13-6-2-3-7-14(13)15(16)8-11-17-9-4-1-5-10-17/h2-3,6-7,15-16,18H,1,4-5,8-12H2. The Bertz CT molecular complexity index is 398. The zero-order valence-electron chi connectivity index (χ0n) is 11.0. The van der Waals surface area contributed by atoms with Crippen LogP contribution < -0.4 is 0 Å². The lowest BCUT2D eigenvalue weighted by molar-refractivity contribution is 0.138. The van der Waals surface area contributed by atoms with E-state index in [1.54, 1.807) is 0 Å². The van der Waals surface area contributed by atoms with Crippen molar-refractivity contribution in [3.05, 3.63) is 35.4 Å². The molecular formula is C16H23NO. The van der Waals surface area contributed by atoms with Crippen LogP contribution in [0, 0.1) is 0 Å². The van der Waals surface area contributed by atoms with Gasteiger partial charge in [0.2, 0.25) is 0 Å². The molecule has 1 fully saturated rings. The number of likely N-dealkylation sites (tertiary alicyclic amines) is 1. The predicted octanol–water partition coefficient (Wildman–Crippen LogP) is 2.56. The largest absolute Gasteiger partial charge is 0.392 e. The van der Waals surface area contributed by atoms with Crippen LogP contribution in [0.15, 0.2) is 24.3 Å². The summed E-state index contributed by atoms with van der Waals surface area (Å²) in [5, 5.41) is 10.2. The Morgan fingerprint density at radius 1 is 1.11 bits per heavy atom. The van der Waals surface area contributed by atoms with Crippen molar-refractivity contribution in [2.75, 3.05) is 19.6 Å². The van der Waals surface area contributed by atoms with Crippen molar-refractivity contribution < 1.29 is 5.11 Å². The molecule has 0 amide bonds. The average Bonchev–Trinajstić information content (AvgIpc) is 2.73. The molecule has 98 valence electrons. The highest BCUT2D eigenvalue weighted by molar-refractivity contribution is 5.36. The average molecular weight is 245 g/mol. The Kier molecular flexibility index (Phi) is 3.67. The van der Waals surface area contributed by atoms with Crippen LogP contribution in [-0.2, 0) is 6.42 Å². The minimum Gasteiger partial charge on any atom is -0.392 e. The predicted molar refractivity (Wildman–Crippen MR) is 73.8 cm³/mol. The number of nitrogens with zero attached hydrogens (tertiary/aromatic N) is 1.